The molecule has 0 spiro atoms. The van der Waals surface area contributed by atoms with Crippen molar-refractivity contribution < 1.29 is 32.2 Å². The summed E-state index contributed by atoms with van der Waals surface area (Å²) in [6.07, 6.45) is -1.25. The van der Waals surface area contributed by atoms with Gasteiger partial charge in [0.15, 0.2) is 17.6 Å². The smallest absolute Gasteiger partial charge is 0.307 e. The van der Waals surface area contributed by atoms with Crippen LogP contribution < -0.4 is 19.5 Å². The number of hydrogen-bond donors (Lipinski definition) is 2. The van der Waals surface area contributed by atoms with Crippen LogP contribution in [0.15, 0.2) is 53.4 Å². The van der Waals surface area contributed by atoms with Gasteiger partial charge in [0, 0.05) is 18.3 Å². The zero-order valence-corrected chi connectivity index (χ0v) is 17.1. The van der Waals surface area contributed by atoms with Gasteiger partial charge in [-0.1, -0.05) is 18.2 Å². The lowest BCUT2D eigenvalue weighted by Gasteiger charge is -2.19. The maximum absolute atomic E-state index is 12.4. The van der Waals surface area contributed by atoms with E-state index in [1.807, 2.05) is 6.07 Å². The zero-order chi connectivity index (χ0) is 21.6. The third-order valence-corrected chi connectivity index (χ3v) is 5.62. The molecule has 30 heavy (non-hydrogen) atoms. The lowest BCUT2D eigenvalue weighted by Crippen LogP contribution is -2.32. The molecule has 0 fully saturated rings. The van der Waals surface area contributed by atoms with Gasteiger partial charge in [0.1, 0.15) is 13.2 Å². The maximum Gasteiger partial charge on any atom is 0.307 e. The Morgan fingerprint density at radius 2 is 1.77 bits per heavy atom. The van der Waals surface area contributed by atoms with Gasteiger partial charge < -0.3 is 19.5 Å². The second-order valence-corrected chi connectivity index (χ2v) is 8.21. The second-order valence-electron chi connectivity index (χ2n) is 6.44. The summed E-state index contributed by atoms with van der Waals surface area (Å²) in [6, 6.07) is 13.0. The molecule has 2 aromatic carbocycles. The molecule has 0 bridgehead atoms. The number of benzene rings is 2. The van der Waals surface area contributed by atoms with E-state index in [1.165, 1.54) is 25.1 Å². The van der Waals surface area contributed by atoms with E-state index in [0.717, 1.165) is 0 Å². The molecule has 1 amide bonds. The minimum Gasteiger partial charge on any atom is -0.486 e. The molecule has 0 aliphatic carbocycles. The average Bonchev–Trinajstić information content (AvgIpc) is 2.74. The molecule has 0 radical (unpaired) electrons. The Morgan fingerprint density at radius 1 is 1.07 bits per heavy atom. The van der Waals surface area contributed by atoms with Gasteiger partial charge in [-0.25, -0.2) is 13.1 Å². The highest BCUT2D eigenvalue weighted by molar-refractivity contribution is 7.89. The third-order valence-electron chi connectivity index (χ3n) is 4.16. The Morgan fingerprint density at radius 3 is 2.50 bits per heavy atom. The lowest BCUT2D eigenvalue weighted by molar-refractivity contribution is -0.152. The van der Waals surface area contributed by atoms with Crippen LogP contribution in [-0.4, -0.2) is 46.2 Å². The average molecular weight is 434 g/mol. The molecule has 1 aliphatic heterocycles. The van der Waals surface area contributed by atoms with Crippen LogP contribution >= 0.6 is 0 Å². The predicted molar refractivity (Wildman–Crippen MR) is 108 cm³/mol. The summed E-state index contributed by atoms with van der Waals surface area (Å²) >= 11 is 0. The fourth-order valence-electron chi connectivity index (χ4n) is 2.64. The largest absolute Gasteiger partial charge is 0.486 e. The second kappa shape index (κ2) is 9.59. The Labute approximate surface area is 174 Å². The van der Waals surface area contributed by atoms with Crippen LogP contribution in [0.1, 0.15) is 13.3 Å². The number of esters is 1. The summed E-state index contributed by atoms with van der Waals surface area (Å²) in [7, 11) is -3.85. The number of anilines is 1. The fourth-order valence-corrected chi connectivity index (χ4v) is 3.68. The van der Waals surface area contributed by atoms with Crippen molar-refractivity contribution in [1.82, 2.24) is 4.72 Å². The van der Waals surface area contributed by atoms with Crippen LogP contribution in [0.2, 0.25) is 0 Å². The highest BCUT2D eigenvalue weighted by Gasteiger charge is 2.21. The van der Waals surface area contributed by atoms with Crippen molar-refractivity contribution in [2.24, 2.45) is 0 Å². The first kappa shape index (κ1) is 21.6. The van der Waals surface area contributed by atoms with Crippen LogP contribution in [0.25, 0.3) is 0 Å². The van der Waals surface area contributed by atoms with Crippen molar-refractivity contribution in [3.63, 3.8) is 0 Å². The Kier molecular flexibility index (Phi) is 6.91. The predicted octanol–water partition coefficient (Wildman–Crippen LogP) is 1.70. The van der Waals surface area contributed by atoms with Gasteiger partial charge in [0.25, 0.3) is 5.91 Å². The number of sulfonamides is 1. The van der Waals surface area contributed by atoms with Gasteiger partial charge in [0.2, 0.25) is 10.0 Å². The molecule has 3 rings (SSSR count). The number of para-hydroxylation sites is 1. The first-order chi connectivity index (χ1) is 14.3. The molecule has 9 nitrogen and oxygen atoms in total. The number of carbonyl (C=O) groups excluding carboxylic acids is 2. The van der Waals surface area contributed by atoms with Crippen molar-refractivity contribution in [2.75, 3.05) is 25.1 Å². The number of fused-ring (bicyclic) bond motifs is 1. The fraction of sp³-hybridized carbons (Fsp3) is 0.300. The van der Waals surface area contributed by atoms with E-state index in [-0.39, 0.29) is 17.9 Å². The van der Waals surface area contributed by atoms with Crippen LogP contribution in [-0.2, 0) is 24.3 Å². The van der Waals surface area contributed by atoms with Crippen molar-refractivity contribution >= 4 is 27.6 Å². The highest BCUT2D eigenvalue weighted by Crippen LogP contribution is 2.32. The number of carbonyl (C=O) groups is 2. The van der Waals surface area contributed by atoms with Crippen molar-refractivity contribution in [3.05, 3.63) is 48.5 Å². The monoisotopic (exact) mass is 434 g/mol. The molecule has 1 aliphatic rings. The van der Waals surface area contributed by atoms with E-state index in [0.29, 0.717) is 30.4 Å². The molecule has 0 saturated carbocycles. The Bertz CT molecular complexity index is 1010. The first-order valence-corrected chi connectivity index (χ1v) is 10.8. The molecule has 160 valence electrons. The molecule has 1 atom stereocenters. The quantitative estimate of drug-likeness (QED) is 0.607. The van der Waals surface area contributed by atoms with Gasteiger partial charge in [-0.15, -0.1) is 0 Å². The van der Waals surface area contributed by atoms with Crippen LogP contribution in [0.4, 0.5) is 5.69 Å². The lowest BCUT2D eigenvalue weighted by atomic mass is 10.3. The summed E-state index contributed by atoms with van der Waals surface area (Å²) in [5, 5.41) is 2.62. The van der Waals surface area contributed by atoms with Crippen LogP contribution in [0.5, 0.6) is 11.5 Å². The van der Waals surface area contributed by atoms with Gasteiger partial charge in [0.05, 0.1) is 11.3 Å². The summed E-state index contributed by atoms with van der Waals surface area (Å²) in [4.78, 5) is 24.0. The van der Waals surface area contributed by atoms with E-state index in [1.54, 1.807) is 24.3 Å². The molecule has 10 heteroatoms. The SMILES string of the molecule is CC(OC(=O)CCNS(=O)(=O)c1ccc2c(c1)OCCO2)C(=O)Nc1ccccc1. The minimum atomic E-state index is -3.85. The molecule has 1 heterocycles. The highest BCUT2D eigenvalue weighted by atomic mass is 32.2. The minimum absolute atomic E-state index is 0.00396. The standard InChI is InChI=1S/C20H22N2O7S/c1-14(20(24)22-15-5-3-2-4-6-15)29-19(23)9-10-21-30(25,26)16-7-8-17-18(13-16)28-12-11-27-17/h2-8,13-14,21H,9-12H2,1H3,(H,22,24). The van der Waals surface area contributed by atoms with Crippen molar-refractivity contribution in [2.45, 2.75) is 24.3 Å². The third kappa shape index (κ3) is 5.71. The molecule has 2 aromatic rings. The normalized spacial score (nSPS) is 13.9. The number of nitrogens with one attached hydrogen (secondary N) is 2. The van der Waals surface area contributed by atoms with Crippen molar-refractivity contribution in [1.29, 1.82) is 0 Å². The number of amides is 1. The van der Waals surface area contributed by atoms with Gasteiger partial charge in [-0.2, -0.15) is 0 Å². The number of rotatable bonds is 8. The molecule has 0 saturated heterocycles. The summed E-state index contributed by atoms with van der Waals surface area (Å²) in [5.41, 5.74) is 0.581. The van der Waals surface area contributed by atoms with E-state index in [9.17, 15) is 18.0 Å². The summed E-state index contributed by atoms with van der Waals surface area (Å²) in [5.74, 6) is -0.352. The van der Waals surface area contributed by atoms with Gasteiger partial charge in [-0.05, 0) is 31.2 Å². The van der Waals surface area contributed by atoms with E-state index in [2.05, 4.69) is 10.0 Å². The summed E-state index contributed by atoms with van der Waals surface area (Å²) in [6.45, 7) is 2.01. The molecular formula is C20H22N2O7S. The topological polar surface area (TPSA) is 120 Å². The van der Waals surface area contributed by atoms with Crippen molar-refractivity contribution in [3.8, 4) is 11.5 Å². The van der Waals surface area contributed by atoms with Crippen LogP contribution in [0.3, 0.4) is 0 Å². The molecule has 1 unspecified atom stereocenters. The van der Waals surface area contributed by atoms with E-state index < -0.39 is 28.0 Å². The first-order valence-electron chi connectivity index (χ1n) is 9.30. The molecule has 0 aromatic heterocycles. The van der Waals surface area contributed by atoms with Gasteiger partial charge in [-0.3, -0.25) is 9.59 Å². The van der Waals surface area contributed by atoms with Gasteiger partial charge >= 0.3 is 5.97 Å². The summed E-state index contributed by atoms with van der Waals surface area (Å²) < 4.78 is 43.0. The number of ether oxygens (including phenoxy) is 3. The van der Waals surface area contributed by atoms with Crippen LogP contribution in [0, 0.1) is 0 Å². The maximum atomic E-state index is 12.4. The number of hydrogen-bond acceptors (Lipinski definition) is 7. The molecule has 2 N–H and O–H groups in total. The van der Waals surface area contributed by atoms with E-state index >= 15 is 0 Å². The Balaban J connectivity index is 1.47. The Hall–Kier alpha value is -3.11. The molecular weight excluding hydrogens is 412 g/mol. The van der Waals surface area contributed by atoms with E-state index in [4.69, 9.17) is 14.2 Å². The zero-order valence-electron chi connectivity index (χ0n) is 16.3.